The molecule has 3 atom stereocenters. The van der Waals surface area contributed by atoms with E-state index in [1.54, 1.807) is 0 Å². The summed E-state index contributed by atoms with van der Waals surface area (Å²) in [6.45, 7) is 9.06. The molecule has 1 aliphatic carbocycles. The Kier molecular flexibility index (Phi) is 3.40. The van der Waals surface area contributed by atoms with Crippen molar-refractivity contribution in [3.05, 3.63) is 0 Å². The molecule has 0 aromatic rings. The summed E-state index contributed by atoms with van der Waals surface area (Å²) in [7, 11) is -1.29. The minimum Gasteiger partial charge on any atom is -0.481 e. The van der Waals surface area contributed by atoms with Crippen LogP contribution in [0.1, 0.15) is 26.2 Å². The lowest BCUT2D eigenvalue weighted by molar-refractivity contribution is -0.143. The number of carboxylic acids is 1. The summed E-state index contributed by atoms with van der Waals surface area (Å²) in [6, 6.07) is 0. The van der Waals surface area contributed by atoms with Crippen molar-refractivity contribution < 1.29 is 9.90 Å². The van der Waals surface area contributed by atoms with Gasteiger partial charge in [0, 0.05) is 8.07 Å². The van der Waals surface area contributed by atoms with Crippen LogP contribution in [0, 0.1) is 11.8 Å². The second-order valence-corrected chi connectivity index (χ2v) is 11.3. The lowest BCUT2D eigenvalue weighted by Crippen LogP contribution is -2.40. The van der Waals surface area contributed by atoms with Crippen molar-refractivity contribution in [3.8, 4) is 0 Å². The van der Waals surface area contributed by atoms with E-state index in [4.69, 9.17) is 0 Å². The predicted octanol–water partition coefficient (Wildman–Crippen LogP) is 3.22. The van der Waals surface area contributed by atoms with Gasteiger partial charge in [0.15, 0.2) is 0 Å². The lowest BCUT2D eigenvalue weighted by Gasteiger charge is -2.39. The third-order valence-electron chi connectivity index (χ3n) is 3.54. The second-order valence-electron chi connectivity index (χ2n) is 5.84. The first kappa shape index (κ1) is 11.8. The van der Waals surface area contributed by atoms with E-state index in [9.17, 15) is 9.90 Å². The van der Waals surface area contributed by atoms with E-state index in [2.05, 4.69) is 26.6 Å². The third-order valence-corrected chi connectivity index (χ3v) is 6.46. The maximum atomic E-state index is 11.2. The first-order chi connectivity index (χ1) is 6.32. The molecule has 14 heavy (non-hydrogen) atoms. The molecule has 1 aliphatic rings. The zero-order chi connectivity index (χ0) is 10.9. The molecule has 3 heteroatoms. The van der Waals surface area contributed by atoms with Crippen molar-refractivity contribution >= 4 is 14.0 Å². The molecule has 0 aliphatic heterocycles. The second kappa shape index (κ2) is 4.05. The number of aliphatic carboxylic acids is 1. The van der Waals surface area contributed by atoms with E-state index >= 15 is 0 Å². The van der Waals surface area contributed by atoms with Gasteiger partial charge in [-0.05, 0) is 17.9 Å². The van der Waals surface area contributed by atoms with Crippen LogP contribution in [0.5, 0.6) is 0 Å². The number of hydrogen-bond acceptors (Lipinski definition) is 1. The Hall–Kier alpha value is -0.313. The van der Waals surface area contributed by atoms with Gasteiger partial charge in [-0.2, -0.15) is 0 Å². The molecule has 1 fully saturated rings. The van der Waals surface area contributed by atoms with E-state index in [-0.39, 0.29) is 5.92 Å². The number of rotatable bonds is 2. The van der Waals surface area contributed by atoms with Gasteiger partial charge < -0.3 is 5.11 Å². The molecule has 0 aromatic heterocycles. The van der Waals surface area contributed by atoms with Crippen molar-refractivity contribution in [2.45, 2.75) is 51.4 Å². The smallest absolute Gasteiger partial charge is 0.306 e. The van der Waals surface area contributed by atoms with E-state index in [1.807, 2.05) is 0 Å². The third kappa shape index (κ3) is 2.59. The van der Waals surface area contributed by atoms with Crippen LogP contribution in [0.3, 0.4) is 0 Å². The summed E-state index contributed by atoms with van der Waals surface area (Å²) in [6.07, 6.45) is 3.25. The van der Waals surface area contributed by atoms with Gasteiger partial charge >= 0.3 is 5.97 Å². The van der Waals surface area contributed by atoms with Gasteiger partial charge in [0.25, 0.3) is 0 Å². The molecular formula is C11H22O2Si. The average molecular weight is 214 g/mol. The van der Waals surface area contributed by atoms with Gasteiger partial charge in [-0.15, -0.1) is 0 Å². The maximum Gasteiger partial charge on any atom is 0.306 e. The van der Waals surface area contributed by atoms with Gasteiger partial charge in [0.2, 0.25) is 0 Å². The summed E-state index contributed by atoms with van der Waals surface area (Å²) in [5, 5.41) is 9.21. The molecule has 3 unspecified atom stereocenters. The molecule has 0 spiro atoms. The highest BCUT2D eigenvalue weighted by atomic mass is 28.3. The van der Waals surface area contributed by atoms with Crippen molar-refractivity contribution in [3.63, 3.8) is 0 Å². The average Bonchev–Trinajstić information content (AvgIpc) is 2.01. The quantitative estimate of drug-likeness (QED) is 0.717. The molecule has 0 heterocycles. The fourth-order valence-corrected chi connectivity index (χ4v) is 5.21. The van der Waals surface area contributed by atoms with Crippen LogP contribution in [0.15, 0.2) is 0 Å². The number of carbonyl (C=O) groups is 1. The van der Waals surface area contributed by atoms with Crippen LogP contribution in [-0.4, -0.2) is 19.1 Å². The van der Waals surface area contributed by atoms with Crippen molar-refractivity contribution in [1.29, 1.82) is 0 Å². The molecule has 0 saturated heterocycles. The Morgan fingerprint density at radius 1 is 1.29 bits per heavy atom. The SMILES string of the molecule is CC1CCC([Si](C)(C)C)C(C(=O)O)C1. The van der Waals surface area contributed by atoms with Crippen LogP contribution in [-0.2, 0) is 4.79 Å². The molecule has 2 nitrogen and oxygen atoms in total. The fraction of sp³-hybridized carbons (Fsp3) is 0.909. The minimum atomic E-state index is -1.29. The Bertz CT molecular complexity index is 220. The normalized spacial score (nSPS) is 34.1. The van der Waals surface area contributed by atoms with Gasteiger partial charge in [-0.1, -0.05) is 39.4 Å². The number of hydrogen-bond donors (Lipinski definition) is 1. The molecule has 0 radical (unpaired) electrons. The monoisotopic (exact) mass is 214 g/mol. The Morgan fingerprint density at radius 2 is 1.86 bits per heavy atom. The first-order valence-electron chi connectivity index (χ1n) is 5.55. The Morgan fingerprint density at radius 3 is 2.29 bits per heavy atom. The summed E-state index contributed by atoms with van der Waals surface area (Å²) in [5.41, 5.74) is 0.483. The highest BCUT2D eigenvalue weighted by Gasteiger charge is 2.40. The molecule has 82 valence electrons. The largest absolute Gasteiger partial charge is 0.481 e. The molecule has 1 saturated carbocycles. The Labute approximate surface area is 87.7 Å². The standard InChI is InChI=1S/C11H22O2Si/c1-8-5-6-10(14(2,3)4)9(7-8)11(12)13/h8-10H,5-7H2,1-4H3,(H,12,13). The van der Waals surface area contributed by atoms with Crippen molar-refractivity contribution in [2.24, 2.45) is 11.8 Å². The zero-order valence-electron chi connectivity index (χ0n) is 9.71. The summed E-state index contributed by atoms with van der Waals surface area (Å²) >= 11 is 0. The van der Waals surface area contributed by atoms with Gasteiger partial charge in [0.1, 0.15) is 0 Å². The van der Waals surface area contributed by atoms with Crippen LogP contribution in [0.25, 0.3) is 0 Å². The molecule has 0 amide bonds. The summed E-state index contributed by atoms with van der Waals surface area (Å²) in [4.78, 5) is 11.2. The highest BCUT2D eigenvalue weighted by Crippen LogP contribution is 2.43. The minimum absolute atomic E-state index is 0.0644. The molecular weight excluding hydrogens is 192 g/mol. The fourth-order valence-electron chi connectivity index (χ4n) is 2.69. The molecule has 0 bridgehead atoms. The van der Waals surface area contributed by atoms with Crippen molar-refractivity contribution in [2.75, 3.05) is 0 Å². The zero-order valence-corrected chi connectivity index (χ0v) is 10.7. The van der Waals surface area contributed by atoms with Crippen LogP contribution in [0.4, 0.5) is 0 Å². The summed E-state index contributed by atoms with van der Waals surface area (Å²) in [5.74, 6) is -0.0295. The van der Waals surface area contributed by atoms with Gasteiger partial charge in [-0.3, -0.25) is 4.79 Å². The van der Waals surface area contributed by atoms with E-state index < -0.39 is 14.0 Å². The molecule has 1 N–H and O–H groups in total. The Balaban J connectivity index is 2.78. The van der Waals surface area contributed by atoms with Crippen molar-refractivity contribution in [1.82, 2.24) is 0 Å². The molecule has 0 aromatic carbocycles. The maximum absolute atomic E-state index is 11.2. The summed E-state index contributed by atoms with van der Waals surface area (Å²) < 4.78 is 0. The first-order valence-corrected chi connectivity index (χ1v) is 9.13. The van der Waals surface area contributed by atoms with Gasteiger partial charge in [0.05, 0.1) is 5.92 Å². The van der Waals surface area contributed by atoms with Crippen LogP contribution < -0.4 is 0 Å². The molecule has 1 rings (SSSR count). The van der Waals surface area contributed by atoms with E-state index in [0.717, 1.165) is 12.8 Å². The predicted molar refractivity (Wildman–Crippen MR) is 61.2 cm³/mol. The van der Waals surface area contributed by atoms with Gasteiger partial charge in [-0.25, -0.2) is 0 Å². The van der Waals surface area contributed by atoms with Crippen LogP contribution >= 0.6 is 0 Å². The van der Waals surface area contributed by atoms with Crippen LogP contribution in [0.2, 0.25) is 25.2 Å². The highest BCUT2D eigenvalue weighted by molar-refractivity contribution is 6.77. The lowest BCUT2D eigenvalue weighted by atomic mass is 9.82. The topological polar surface area (TPSA) is 37.3 Å². The van der Waals surface area contributed by atoms with E-state index in [1.165, 1.54) is 6.42 Å². The van der Waals surface area contributed by atoms with E-state index in [0.29, 0.717) is 11.5 Å². The number of carboxylic acid groups (broad SMARTS) is 1.